The van der Waals surface area contributed by atoms with E-state index in [9.17, 15) is 43.2 Å². The first kappa shape index (κ1) is 111. The van der Waals surface area contributed by atoms with Gasteiger partial charge in [0.1, 0.15) is 19.3 Å². The fourth-order valence-corrected chi connectivity index (χ4v) is 16.5. The van der Waals surface area contributed by atoms with Crippen LogP contribution in [-0.2, 0) is 65.4 Å². The van der Waals surface area contributed by atoms with Crippen LogP contribution in [0.3, 0.4) is 0 Å². The highest BCUT2D eigenvalue weighted by Gasteiger charge is 2.31. The summed E-state index contributed by atoms with van der Waals surface area (Å²) in [6.07, 6.45) is 83.6. The minimum absolute atomic E-state index is 0.109. The van der Waals surface area contributed by atoms with Gasteiger partial charge in [-0.05, 0) is 31.6 Å². The third-order valence-electron chi connectivity index (χ3n) is 22.3. The molecule has 5 atom stereocenters. The molecule has 19 heteroatoms. The smallest absolute Gasteiger partial charge is 0.462 e. The summed E-state index contributed by atoms with van der Waals surface area (Å²) in [5.41, 5.74) is 0. The summed E-state index contributed by atoms with van der Waals surface area (Å²) < 4.78 is 69.2. The standard InChI is InChI=1S/C94H184O17P2/c1-6-9-12-15-18-21-24-27-30-33-36-38-39-42-45-48-51-54-59-65-70-75-79-93(98)110-89(83-104-91(96)77-72-67-62-57-52-49-46-43-41-37-34-31-28-25-22-19-16-13-10-7-2)85-108-112(100,101)106-81-88(95)82-107-113(102,103)109-86-90(84-105-92(97)78-73-68-63-60-55-56-61-66-71-76-87(4)5)111-94(99)80-74-69-64-58-53-50-47-44-40-35-32-29-26-23-20-17-14-11-8-3/h87-90,95H,6-86H2,1-5H3,(H,100,101)(H,102,103)/t88-,89-,90-/m1/s1. The average molecular weight is 1650 g/mol. The summed E-state index contributed by atoms with van der Waals surface area (Å²) in [5.74, 6) is -1.35. The fourth-order valence-electron chi connectivity index (χ4n) is 14.9. The maximum atomic E-state index is 13.2. The summed E-state index contributed by atoms with van der Waals surface area (Å²) >= 11 is 0. The van der Waals surface area contributed by atoms with Crippen molar-refractivity contribution in [2.75, 3.05) is 39.6 Å². The lowest BCUT2D eigenvalue weighted by Crippen LogP contribution is -2.30. The molecule has 2 unspecified atom stereocenters. The van der Waals surface area contributed by atoms with Gasteiger partial charge in [0.25, 0.3) is 0 Å². The summed E-state index contributed by atoms with van der Waals surface area (Å²) in [6, 6.07) is 0. The third kappa shape index (κ3) is 87.7. The number of ether oxygens (including phenoxy) is 4. The lowest BCUT2D eigenvalue weighted by molar-refractivity contribution is -0.161. The molecule has 0 aliphatic carbocycles. The van der Waals surface area contributed by atoms with Gasteiger partial charge in [-0.2, -0.15) is 0 Å². The van der Waals surface area contributed by atoms with Crippen molar-refractivity contribution in [1.82, 2.24) is 0 Å². The molecule has 113 heavy (non-hydrogen) atoms. The summed E-state index contributed by atoms with van der Waals surface area (Å²) in [5, 5.41) is 10.7. The number of hydrogen-bond donors (Lipinski definition) is 3. The summed E-state index contributed by atoms with van der Waals surface area (Å²) in [6.45, 7) is 7.39. The Morgan fingerprint density at radius 2 is 0.407 bits per heavy atom. The second-order valence-electron chi connectivity index (χ2n) is 34.2. The molecule has 0 aliphatic rings. The van der Waals surface area contributed by atoms with E-state index in [4.69, 9.17) is 37.0 Å². The molecule has 0 heterocycles. The van der Waals surface area contributed by atoms with Crippen LogP contribution >= 0.6 is 15.6 Å². The Morgan fingerprint density at radius 3 is 0.602 bits per heavy atom. The molecule has 0 aromatic rings. The first-order valence-electron chi connectivity index (χ1n) is 48.6. The predicted molar refractivity (Wildman–Crippen MR) is 469 cm³/mol. The number of phosphoric ester groups is 2. The summed E-state index contributed by atoms with van der Waals surface area (Å²) in [7, 11) is -9.94. The highest BCUT2D eigenvalue weighted by atomic mass is 31.2. The van der Waals surface area contributed by atoms with Crippen LogP contribution in [0.2, 0.25) is 0 Å². The Bertz CT molecular complexity index is 2140. The van der Waals surface area contributed by atoms with Crippen LogP contribution in [0.1, 0.15) is 516 Å². The van der Waals surface area contributed by atoms with Gasteiger partial charge in [0, 0.05) is 25.7 Å². The van der Waals surface area contributed by atoms with Crippen LogP contribution in [0, 0.1) is 5.92 Å². The van der Waals surface area contributed by atoms with E-state index in [0.29, 0.717) is 25.7 Å². The van der Waals surface area contributed by atoms with Gasteiger partial charge in [-0.15, -0.1) is 0 Å². The van der Waals surface area contributed by atoms with Gasteiger partial charge in [-0.3, -0.25) is 37.3 Å². The Kier molecular flexibility index (Phi) is 85.0. The maximum Gasteiger partial charge on any atom is 0.472 e. The number of aliphatic hydroxyl groups excluding tert-OH is 1. The molecule has 0 rings (SSSR count). The molecule has 672 valence electrons. The van der Waals surface area contributed by atoms with Gasteiger partial charge in [0.05, 0.1) is 26.4 Å². The quantitative estimate of drug-likeness (QED) is 0.0222. The number of esters is 4. The molecule has 0 aromatic carbocycles. The number of rotatable bonds is 94. The van der Waals surface area contributed by atoms with E-state index in [1.165, 1.54) is 340 Å². The first-order chi connectivity index (χ1) is 55.0. The van der Waals surface area contributed by atoms with E-state index in [2.05, 4.69) is 34.6 Å². The highest BCUT2D eigenvalue weighted by molar-refractivity contribution is 7.47. The monoisotopic (exact) mass is 1650 g/mol. The van der Waals surface area contributed by atoms with Crippen LogP contribution in [0.15, 0.2) is 0 Å². The molecule has 0 aromatic heterocycles. The third-order valence-corrected chi connectivity index (χ3v) is 24.2. The normalized spacial score (nSPS) is 13.6. The van der Waals surface area contributed by atoms with Crippen LogP contribution in [0.4, 0.5) is 0 Å². The van der Waals surface area contributed by atoms with Gasteiger partial charge >= 0.3 is 39.5 Å². The lowest BCUT2D eigenvalue weighted by Gasteiger charge is -2.21. The number of carbonyl (C=O) groups excluding carboxylic acids is 4. The maximum absolute atomic E-state index is 13.2. The molecule has 0 amide bonds. The van der Waals surface area contributed by atoms with Gasteiger partial charge in [-0.25, -0.2) is 9.13 Å². The zero-order chi connectivity index (χ0) is 82.6. The molecule has 3 N–H and O–H groups in total. The van der Waals surface area contributed by atoms with E-state index in [-0.39, 0.29) is 25.7 Å². The topological polar surface area (TPSA) is 237 Å². The highest BCUT2D eigenvalue weighted by Crippen LogP contribution is 2.45. The lowest BCUT2D eigenvalue weighted by atomic mass is 10.0. The van der Waals surface area contributed by atoms with E-state index < -0.39 is 97.5 Å². The van der Waals surface area contributed by atoms with Crippen molar-refractivity contribution in [3.63, 3.8) is 0 Å². The summed E-state index contributed by atoms with van der Waals surface area (Å²) in [4.78, 5) is 73.5. The van der Waals surface area contributed by atoms with Crippen molar-refractivity contribution in [3.8, 4) is 0 Å². The van der Waals surface area contributed by atoms with Gasteiger partial charge in [-0.1, -0.05) is 465 Å². The second-order valence-corrected chi connectivity index (χ2v) is 37.1. The van der Waals surface area contributed by atoms with Crippen molar-refractivity contribution in [2.45, 2.75) is 534 Å². The molecule has 17 nitrogen and oxygen atoms in total. The zero-order valence-electron chi connectivity index (χ0n) is 74.5. The Hall–Kier alpha value is -1.94. The molecular formula is C94H184O17P2. The van der Waals surface area contributed by atoms with Crippen molar-refractivity contribution >= 4 is 39.5 Å². The average Bonchev–Trinajstić information content (AvgIpc) is 0.999. The Labute approximate surface area is 696 Å². The Morgan fingerprint density at radius 1 is 0.239 bits per heavy atom. The molecule has 0 bridgehead atoms. The molecule has 0 saturated heterocycles. The molecule has 0 fully saturated rings. The van der Waals surface area contributed by atoms with Crippen molar-refractivity contribution in [3.05, 3.63) is 0 Å². The van der Waals surface area contributed by atoms with Gasteiger partial charge in [0.2, 0.25) is 0 Å². The zero-order valence-corrected chi connectivity index (χ0v) is 76.3. The van der Waals surface area contributed by atoms with Crippen LogP contribution in [0.5, 0.6) is 0 Å². The predicted octanol–water partition coefficient (Wildman–Crippen LogP) is 29.5. The number of unbranched alkanes of at least 4 members (excludes halogenated alkanes) is 66. The molecular weight excluding hydrogens is 1460 g/mol. The number of hydrogen-bond acceptors (Lipinski definition) is 15. The number of phosphoric acid groups is 2. The largest absolute Gasteiger partial charge is 0.472 e. The van der Waals surface area contributed by atoms with Crippen molar-refractivity contribution in [1.29, 1.82) is 0 Å². The Balaban J connectivity index is 5.24. The molecule has 0 aliphatic heterocycles. The van der Waals surface area contributed by atoms with Gasteiger partial charge in [0.15, 0.2) is 12.2 Å². The minimum atomic E-state index is -4.97. The SMILES string of the molecule is CCCCCCCCCCCCCCCCCCCCCCCCC(=O)O[C@H](COC(=O)CCCCCCCCCCCCCCCCCCCCCC)COP(=O)(O)OC[C@@H](O)COP(=O)(O)OC[C@@H](COC(=O)CCCCCCCCCCCC(C)C)OC(=O)CCCCCCCCCCCCCCCCCCCCC. The van der Waals surface area contributed by atoms with Crippen molar-refractivity contribution in [2.24, 2.45) is 5.92 Å². The number of carbonyl (C=O) groups is 4. The first-order valence-corrected chi connectivity index (χ1v) is 51.6. The molecule has 0 saturated carbocycles. The van der Waals surface area contributed by atoms with Crippen LogP contribution < -0.4 is 0 Å². The minimum Gasteiger partial charge on any atom is -0.462 e. The molecule has 0 spiro atoms. The van der Waals surface area contributed by atoms with Gasteiger partial charge < -0.3 is 33.8 Å². The molecule has 0 radical (unpaired) electrons. The van der Waals surface area contributed by atoms with Crippen LogP contribution in [-0.4, -0.2) is 96.7 Å². The second kappa shape index (κ2) is 86.4. The van der Waals surface area contributed by atoms with E-state index in [1.54, 1.807) is 0 Å². The van der Waals surface area contributed by atoms with Crippen LogP contribution in [0.25, 0.3) is 0 Å². The van der Waals surface area contributed by atoms with E-state index in [0.717, 1.165) is 95.8 Å². The van der Waals surface area contributed by atoms with Crippen molar-refractivity contribution < 1.29 is 80.2 Å². The number of aliphatic hydroxyl groups is 1. The fraction of sp³-hybridized carbons (Fsp3) is 0.957. The van der Waals surface area contributed by atoms with E-state index >= 15 is 0 Å². The van der Waals surface area contributed by atoms with E-state index in [1.807, 2.05) is 0 Å².